The fourth-order valence-corrected chi connectivity index (χ4v) is 2.30. The third kappa shape index (κ3) is 3.24. The number of methoxy groups -OCH3 is 2. The van der Waals surface area contributed by atoms with Gasteiger partial charge in [0.25, 0.3) is 0 Å². The molecule has 0 saturated heterocycles. The van der Waals surface area contributed by atoms with Gasteiger partial charge < -0.3 is 14.8 Å². The molecule has 1 N–H and O–H groups in total. The van der Waals surface area contributed by atoms with E-state index >= 15 is 0 Å². The van der Waals surface area contributed by atoms with E-state index in [2.05, 4.69) is 5.32 Å². The molecule has 4 heteroatoms. The second-order valence-corrected chi connectivity index (χ2v) is 4.87. The van der Waals surface area contributed by atoms with Crippen molar-refractivity contribution in [3.63, 3.8) is 0 Å². The Labute approximate surface area is 124 Å². The van der Waals surface area contributed by atoms with Crippen LogP contribution < -0.4 is 14.8 Å². The van der Waals surface area contributed by atoms with Gasteiger partial charge in [0.1, 0.15) is 11.5 Å². The van der Waals surface area contributed by atoms with E-state index in [1.807, 2.05) is 43.4 Å². The van der Waals surface area contributed by atoms with Gasteiger partial charge in [-0.1, -0.05) is 17.7 Å². The van der Waals surface area contributed by atoms with E-state index in [-0.39, 0.29) is 0 Å². The van der Waals surface area contributed by atoms with Crippen LogP contribution in [0.2, 0.25) is 5.02 Å². The minimum Gasteiger partial charge on any atom is -0.497 e. The molecule has 0 aliphatic heterocycles. The molecule has 0 atom stereocenters. The van der Waals surface area contributed by atoms with E-state index in [9.17, 15) is 0 Å². The van der Waals surface area contributed by atoms with Crippen LogP contribution in [0.1, 0.15) is 5.56 Å². The third-order valence-corrected chi connectivity index (χ3v) is 3.34. The van der Waals surface area contributed by atoms with Gasteiger partial charge in [0.2, 0.25) is 0 Å². The van der Waals surface area contributed by atoms with Crippen molar-refractivity contribution >= 4 is 11.6 Å². The molecule has 2 rings (SSSR count). The zero-order valence-electron chi connectivity index (χ0n) is 11.9. The zero-order chi connectivity index (χ0) is 14.5. The lowest BCUT2D eigenvalue weighted by molar-refractivity contribution is 0.394. The van der Waals surface area contributed by atoms with Crippen molar-refractivity contribution in [3.8, 4) is 22.6 Å². The highest BCUT2D eigenvalue weighted by molar-refractivity contribution is 6.30. The monoisotopic (exact) mass is 291 g/mol. The summed E-state index contributed by atoms with van der Waals surface area (Å²) in [6.07, 6.45) is 0. The van der Waals surface area contributed by atoms with Gasteiger partial charge in [-0.05, 0) is 48.0 Å². The molecule has 0 saturated carbocycles. The molecule has 3 nitrogen and oxygen atoms in total. The van der Waals surface area contributed by atoms with Gasteiger partial charge in [-0.25, -0.2) is 0 Å². The lowest BCUT2D eigenvalue weighted by atomic mass is 9.99. The first-order valence-corrected chi connectivity index (χ1v) is 6.72. The van der Waals surface area contributed by atoms with Gasteiger partial charge in [0.15, 0.2) is 0 Å². The Morgan fingerprint density at radius 3 is 2.20 bits per heavy atom. The van der Waals surface area contributed by atoms with Gasteiger partial charge in [0, 0.05) is 17.6 Å². The van der Waals surface area contributed by atoms with Crippen LogP contribution in [0, 0.1) is 0 Å². The van der Waals surface area contributed by atoms with Crippen molar-refractivity contribution in [2.75, 3.05) is 21.3 Å². The number of hydrogen-bond donors (Lipinski definition) is 1. The summed E-state index contributed by atoms with van der Waals surface area (Å²) in [5.74, 6) is 1.52. The summed E-state index contributed by atoms with van der Waals surface area (Å²) in [5.41, 5.74) is 3.27. The van der Waals surface area contributed by atoms with Crippen molar-refractivity contribution in [1.29, 1.82) is 0 Å². The Morgan fingerprint density at radius 1 is 1.00 bits per heavy atom. The largest absolute Gasteiger partial charge is 0.497 e. The van der Waals surface area contributed by atoms with Crippen LogP contribution in [0.4, 0.5) is 0 Å². The normalized spacial score (nSPS) is 10.4. The summed E-state index contributed by atoms with van der Waals surface area (Å²) >= 11 is 6.13. The molecule has 2 aromatic carbocycles. The van der Waals surface area contributed by atoms with Gasteiger partial charge in [-0.15, -0.1) is 0 Å². The van der Waals surface area contributed by atoms with E-state index < -0.39 is 0 Å². The highest BCUT2D eigenvalue weighted by Crippen LogP contribution is 2.33. The first-order chi connectivity index (χ1) is 9.67. The van der Waals surface area contributed by atoms with Crippen molar-refractivity contribution < 1.29 is 9.47 Å². The van der Waals surface area contributed by atoms with E-state index in [0.717, 1.165) is 29.2 Å². The lowest BCUT2D eigenvalue weighted by Crippen LogP contribution is -2.06. The molecule has 0 aromatic heterocycles. The van der Waals surface area contributed by atoms with Crippen LogP contribution in [-0.4, -0.2) is 21.3 Å². The molecule has 0 aliphatic rings. The Kier molecular flexibility index (Phi) is 4.88. The van der Waals surface area contributed by atoms with Gasteiger partial charge in [-0.2, -0.15) is 0 Å². The third-order valence-electron chi connectivity index (χ3n) is 3.10. The summed E-state index contributed by atoms with van der Waals surface area (Å²) in [6, 6.07) is 11.7. The predicted octanol–water partition coefficient (Wildman–Crippen LogP) is 3.74. The Bertz CT molecular complexity index is 577. The van der Waals surface area contributed by atoms with Crippen LogP contribution in [0.5, 0.6) is 11.5 Å². The van der Waals surface area contributed by atoms with E-state index in [1.54, 1.807) is 14.2 Å². The van der Waals surface area contributed by atoms with Crippen molar-refractivity contribution in [1.82, 2.24) is 5.32 Å². The molecule has 0 heterocycles. The van der Waals surface area contributed by atoms with Gasteiger partial charge >= 0.3 is 0 Å². The molecule has 0 fully saturated rings. The first-order valence-electron chi connectivity index (χ1n) is 6.34. The summed E-state index contributed by atoms with van der Waals surface area (Å²) in [4.78, 5) is 0. The SMILES string of the molecule is CNCc1ccc(Cl)cc1-c1cc(OC)cc(OC)c1. The van der Waals surface area contributed by atoms with Gasteiger partial charge in [0.05, 0.1) is 14.2 Å². The van der Waals surface area contributed by atoms with Crippen LogP contribution >= 0.6 is 11.6 Å². The Hall–Kier alpha value is -1.71. The van der Waals surface area contributed by atoms with Crippen LogP contribution in [-0.2, 0) is 6.54 Å². The molecule has 2 aromatic rings. The minimum absolute atomic E-state index is 0.710. The highest BCUT2D eigenvalue weighted by atomic mass is 35.5. The predicted molar refractivity (Wildman–Crippen MR) is 82.8 cm³/mol. The summed E-state index contributed by atoms with van der Waals surface area (Å²) in [6.45, 7) is 0.770. The van der Waals surface area contributed by atoms with Crippen molar-refractivity contribution in [2.24, 2.45) is 0 Å². The number of hydrogen-bond acceptors (Lipinski definition) is 3. The number of ether oxygens (including phenoxy) is 2. The second-order valence-electron chi connectivity index (χ2n) is 4.43. The molecule has 0 spiro atoms. The van der Waals surface area contributed by atoms with Crippen molar-refractivity contribution in [2.45, 2.75) is 6.54 Å². The van der Waals surface area contributed by atoms with E-state index in [4.69, 9.17) is 21.1 Å². The molecule has 0 amide bonds. The standard InChI is InChI=1S/C16H18ClNO2/c1-18-10-11-4-5-13(17)8-16(11)12-6-14(19-2)9-15(7-12)20-3/h4-9,18H,10H2,1-3H3. The van der Waals surface area contributed by atoms with Crippen LogP contribution in [0.3, 0.4) is 0 Å². The number of benzene rings is 2. The molecular weight excluding hydrogens is 274 g/mol. The van der Waals surface area contributed by atoms with Crippen LogP contribution in [0.15, 0.2) is 36.4 Å². The molecule has 0 unspecified atom stereocenters. The number of rotatable bonds is 5. The highest BCUT2D eigenvalue weighted by Gasteiger charge is 2.09. The smallest absolute Gasteiger partial charge is 0.123 e. The molecule has 0 radical (unpaired) electrons. The Balaban J connectivity index is 2.57. The summed E-state index contributed by atoms with van der Waals surface area (Å²) < 4.78 is 10.6. The minimum atomic E-state index is 0.710. The average molecular weight is 292 g/mol. The average Bonchev–Trinajstić information content (AvgIpc) is 2.48. The topological polar surface area (TPSA) is 30.5 Å². The maximum Gasteiger partial charge on any atom is 0.123 e. The summed E-state index contributed by atoms with van der Waals surface area (Å²) in [5, 5.41) is 3.88. The quantitative estimate of drug-likeness (QED) is 0.910. The Morgan fingerprint density at radius 2 is 1.65 bits per heavy atom. The second kappa shape index (κ2) is 6.64. The first kappa shape index (κ1) is 14.7. The molecule has 106 valence electrons. The maximum atomic E-state index is 6.13. The molecule has 0 bridgehead atoms. The fourth-order valence-electron chi connectivity index (χ4n) is 2.12. The van der Waals surface area contributed by atoms with Crippen molar-refractivity contribution in [3.05, 3.63) is 47.0 Å². The molecule has 0 aliphatic carbocycles. The molecular formula is C16H18ClNO2. The van der Waals surface area contributed by atoms with Crippen LogP contribution in [0.25, 0.3) is 11.1 Å². The number of nitrogens with one attached hydrogen (secondary N) is 1. The fraction of sp³-hybridized carbons (Fsp3) is 0.250. The zero-order valence-corrected chi connectivity index (χ0v) is 12.6. The van der Waals surface area contributed by atoms with Gasteiger partial charge in [-0.3, -0.25) is 0 Å². The molecule has 20 heavy (non-hydrogen) atoms. The van der Waals surface area contributed by atoms with E-state index in [1.165, 1.54) is 5.56 Å². The van der Waals surface area contributed by atoms with E-state index in [0.29, 0.717) is 5.02 Å². The summed E-state index contributed by atoms with van der Waals surface area (Å²) in [7, 11) is 5.21. The number of halogens is 1. The lowest BCUT2D eigenvalue weighted by Gasteiger charge is -2.13. The maximum absolute atomic E-state index is 6.13.